The van der Waals surface area contributed by atoms with Crippen molar-refractivity contribution in [2.24, 2.45) is 4.99 Å². The first kappa shape index (κ1) is 26.6. The highest BCUT2D eigenvalue weighted by Gasteiger charge is 2.27. The predicted molar refractivity (Wildman–Crippen MR) is 136 cm³/mol. The van der Waals surface area contributed by atoms with Crippen LogP contribution in [0.1, 0.15) is 32.8 Å². The molecule has 1 aromatic carbocycles. The van der Waals surface area contributed by atoms with Gasteiger partial charge < -0.3 is 25.0 Å². The van der Waals surface area contributed by atoms with E-state index in [-0.39, 0.29) is 35.8 Å². The number of likely N-dealkylation sites (tertiary alicyclic amines) is 1. The van der Waals surface area contributed by atoms with E-state index in [1.54, 1.807) is 25.4 Å². The Labute approximate surface area is 211 Å². The van der Waals surface area contributed by atoms with Gasteiger partial charge in [-0.05, 0) is 63.1 Å². The summed E-state index contributed by atoms with van der Waals surface area (Å²) in [5.74, 6) is 1.37. The number of halogens is 2. The Kier molecular flexibility index (Phi) is 9.69. The molecule has 8 nitrogen and oxygen atoms in total. The summed E-state index contributed by atoms with van der Waals surface area (Å²) >= 11 is 0. The summed E-state index contributed by atoms with van der Waals surface area (Å²) in [6, 6.07) is 9.49. The number of nitrogens with one attached hydrogen (secondary N) is 2. The summed E-state index contributed by atoms with van der Waals surface area (Å²) in [5, 5.41) is 6.26. The lowest BCUT2D eigenvalue weighted by molar-refractivity contribution is 0.0507. The average Bonchev–Trinajstić information content (AvgIpc) is 3.17. The SMILES string of the molecule is CN=C(NCc1ccnc(Oc2ccc(F)cc2)c1)N1CCC(NC(=O)OC(C)(C)C)C1.I. The van der Waals surface area contributed by atoms with E-state index in [1.807, 2.05) is 32.9 Å². The molecule has 0 spiro atoms. The van der Waals surface area contributed by atoms with Gasteiger partial charge in [0.15, 0.2) is 5.96 Å². The molecule has 2 N–H and O–H groups in total. The number of carbonyl (C=O) groups excluding carboxylic acids is 1. The lowest BCUT2D eigenvalue weighted by Gasteiger charge is -2.23. The first-order chi connectivity index (χ1) is 15.2. The molecule has 1 aliphatic rings. The second kappa shape index (κ2) is 12.0. The molecule has 0 aliphatic carbocycles. The summed E-state index contributed by atoms with van der Waals surface area (Å²) in [6.07, 6.45) is 2.07. The number of amides is 1. The van der Waals surface area contributed by atoms with E-state index in [4.69, 9.17) is 9.47 Å². The second-order valence-electron chi connectivity index (χ2n) is 8.54. The fraction of sp³-hybridized carbons (Fsp3) is 0.435. The quantitative estimate of drug-likeness (QED) is 0.316. The van der Waals surface area contributed by atoms with Crippen LogP contribution in [0.4, 0.5) is 9.18 Å². The minimum Gasteiger partial charge on any atom is -0.444 e. The van der Waals surface area contributed by atoms with E-state index in [0.29, 0.717) is 24.7 Å². The Balaban J connectivity index is 0.00000385. The largest absolute Gasteiger partial charge is 0.444 e. The van der Waals surface area contributed by atoms with Crippen LogP contribution >= 0.6 is 24.0 Å². The third kappa shape index (κ3) is 8.67. The molecule has 0 radical (unpaired) electrons. The van der Waals surface area contributed by atoms with Crippen LogP contribution in [0, 0.1) is 5.82 Å². The first-order valence-electron chi connectivity index (χ1n) is 10.6. The number of alkyl carbamates (subject to hydrolysis) is 1. The predicted octanol–water partition coefficient (Wildman–Crippen LogP) is 4.31. The van der Waals surface area contributed by atoms with Gasteiger partial charge in [0.25, 0.3) is 0 Å². The van der Waals surface area contributed by atoms with Crippen LogP contribution in [-0.2, 0) is 11.3 Å². The zero-order valence-electron chi connectivity index (χ0n) is 19.3. The van der Waals surface area contributed by atoms with E-state index in [2.05, 4.69) is 25.5 Å². The molecule has 1 unspecified atom stereocenters. The second-order valence-corrected chi connectivity index (χ2v) is 8.54. The molecule has 33 heavy (non-hydrogen) atoms. The van der Waals surface area contributed by atoms with Crippen molar-refractivity contribution < 1.29 is 18.7 Å². The molecule has 0 bridgehead atoms. The maximum atomic E-state index is 13.1. The molecule has 1 atom stereocenters. The smallest absolute Gasteiger partial charge is 0.407 e. The standard InChI is InChI=1S/C23H30FN5O3.HI/c1-23(2,3)32-22(30)28-18-10-12-29(15-18)21(25-4)27-14-16-9-11-26-20(13-16)31-19-7-5-17(24)6-8-19;/h5-9,11,13,18H,10,12,14-15H2,1-4H3,(H,25,27)(H,28,30);1H. The van der Waals surface area contributed by atoms with Gasteiger partial charge in [-0.2, -0.15) is 0 Å². The molecule has 1 amide bonds. The van der Waals surface area contributed by atoms with Crippen LogP contribution in [0.5, 0.6) is 11.6 Å². The van der Waals surface area contributed by atoms with Gasteiger partial charge in [-0.1, -0.05) is 0 Å². The van der Waals surface area contributed by atoms with Crippen LogP contribution in [-0.4, -0.2) is 53.7 Å². The summed E-state index contributed by atoms with van der Waals surface area (Å²) in [7, 11) is 1.73. The molecule has 1 fully saturated rings. The van der Waals surface area contributed by atoms with Gasteiger partial charge in [0.05, 0.1) is 6.04 Å². The molecular formula is C23H31FIN5O3. The fourth-order valence-corrected chi connectivity index (χ4v) is 3.30. The van der Waals surface area contributed by atoms with Crippen LogP contribution in [0.25, 0.3) is 0 Å². The van der Waals surface area contributed by atoms with Gasteiger partial charge in [-0.25, -0.2) is 14.2 Å². The van der Waals surface area contributed by atoms with Gasteiger partial charge in [-0.3, -0.25) is 4.99 Å². The van der Waals surface area contributed by atoms with Crippen molar-refractivity contribution in [1.29, 1.82) is 0 Å². The van der Waals surface area contributed by atoms with Crippen LogP contribution < -0.4 is 15.4 Å². The number of carbonyl (C=O) groups is 1. The molecule has 1 saturated heterocycles. The number of hydrogen-bond donors (Lipinski definition) is 2. The van der Waals surface area contributed by atoms with E-state index < -0.39 is 11.7 Å². The van der Waals surface area contributed by atoms with Crippen LogP contribution in [0.3, 0.4) is 0 Å². The van der Waals surface area contributed by atoms with Crippen molar-refractivity contribution >= 4 is 36.0 Å². The van der Waals surface area contributed by atoms with E-state index in [9.17, 15) is 9.18 Å². The van der Waals surface area contributed by atoms with Gasteiger partial charge >= 0.3 is 6.09 Å². The number of hydrogen-bond acceptors (Lipinski definition) is 5. The lowest BCUT2D eigenvalue weighted by Crippen LogP contribution is -2.44. The number of aliphatic imine (C=N–C) groups is 1. The summed E-state index contributed by atoms with van der Waals surface area (Å²) in [6.45, 7) is 7.47. The lowest BCUT2D eigenvalue weighted by atomic mass is 10.2. The van der Waals surface area contributed by atoms with Crippen molar-refractivity contribution in [1.82, 2.24) is 20.5 Å². The highest BCUT2D eigenvalue weighted by Crippen LogP contribution is 2.20. The Bertz CT molecular complexity index is 950. The fourth-order valence-electron chi connectivity index (χ4n) is 3.30. The van der Waals surface area contributed by atoms with Crippen molar-refractivity contribution in [2.45, 2.75) is 45.4 Å². The van der Waals surface area contributed by atoms with Crippen molar-refractivity contribution in [3.63, 3.8) is 0 Å². The van der Waals surface area contributed by atoms with Crippen LogP contribution in [0.15, 0.2) is 47.6 Å². The Morgan fingerprint density at radius 1 is 1.27 bits per heavy atom. The molecule has 2 heterocycles. The molecule has 2 aromatic rings. The minimum atomic E-state index is -0.524. The number of pyridine rings is 1. The molecule has 0 saturated carbocycles. The molecular weight excluding hydrogens is 540 g/mol. The van der Waals surface area contributed by atoms with Crippen molar-refractivity contribution in [2.75, 3.05) is 20.1 Å². The summed E-state index contributed by atoms with van der Waals surface area (Å²) in [5.41, 5.74) is 0.435. The summed E-state index contributed by atoms with van der Waals surface area (Å²) in [4.78, 5) is 22.7. The van der Waals surface area contributed by atoms with E-state index in [0.717, 1.165) is 24.5 Å². The number of nitrogens with zero attached hydrogens (tertiary/aromatic N) is 3. The maximum Gasteiger partial charge on any atom is 0.407 e. The highest BCUT2D eigenvalue weighted by atomic mass is 127. The first-order valence-corrected chi connectivity index (χ1v) is 10.6. The summed E-state index contributed by atoms with van der Waals surface area (Å²) < 4.78 is 24.1. The Morgan fingerprint density at radius 2 is 2.00 bits per heavy atom. The third-order valence-corrected chi connectivity index (χ3v) is 4.71. The molecule has 1 aromatic heterocycles. The molecule has 10 heteroatoms. The Hall–Kier alpha value is -2.63. The van der Waals surface area contributed by atoms with Gasteiger partial charge in [0.1, 0.15) is 17.2 Å². The molecule has 180 valence electrons. The monoisotopic (exact) mass is 571 g/mol. The Morgan fingerprint density at radius 3 is 2.67 bits per heavy atom. The maximum absolute atomic E-state index is 13.1. The minimum absolute atomic E-state index is 0. The number of ether oxygens (including phenoxy) is 2. The number of benzene rings is 1. The van der Waals surface area contributed by atoms with Crippen molar-refractivity contribution in [3.05, 3.63) is 54.0 Å². The van der Waals surface area contributed by atoms with Gasteiger partial charge in [0, 0.05) is 38.9 Å². The molecule has 1 aliphatic heterocycles. The average molecular weight is 571 g/mol. The van der Waals surface area contributed by atoms with Crippen molar-refractivity contribution in [3.8, 4) is 11.6 Å². The van der Waals surface area contributed by atoms with Gasteiger partial charge in [-0.15, -0.1) is 24.0 Å². The molecule has 3 rings (SSSR count). The third-order valence-electron chi connectivity index (χ3n) is 4.71. The highest BCUT2D eigenvalue weighted by molar-refractivity contribution is 14.0. The zero-order valence-corrected chi connectivity index (χ0v) is 21.6. The number of aromatic nitrogens is 1. The normalized spacial score (nSPS) is 16.1. The van der Waals surface area contributed by atoms with E-state index in [1.165, 1.54) is 12.1 Å². The number of rotatable bonds is 5. The zero-order chi connectivity index (χ0) is 23.1. The van der Waals surface area contributed by atoms with Gasteiger partial charge in [0.2, 0.25) is 5.88 Å². The number of guanidine groups is 1. The topological polar surface area (TPSA) is 88.1 Å². The van der Waals surface area contributed by atoms with Crippen LogP contribution in [0.2, 0.25) is 0 Å². The van der Waals surface area contributed by atoms with E-state index >= 15 is 0 Å².